The molecule has 0 fully saturated rings. The molecule has 0 bridgehead atoms. The number of nitrogens with zero attached hydrogens (tertiary/aromatic N) is 3. The average molecular weight is 945 g/mol. The quantitative estimate of drug-likeness (QED) is 0.0276. The van der Waals surface area contributed by atoms with Crippen molar-refractivity contribution in [2.45, 2.75) is 237 Å². The van der Waals surface area contributed by atoms with Crippen LogP contribution >= 0.6 is 15.6 Å². The molecule has 0 aliphatic heterocycles. The monoisotopic (exact) mass is 945 g/mol. The summed E-state index contributed by atoms with van der Waals surface area (Å²) in [4.78, 5) is 31.0. The van der Waals surface area contributed by atoms with E-state index in [-0.39, 0.29) is 52.8 Å². The standard InChI is InChI=1S/3C16H36N.K.H4O7P2.H/c3*1-5-9-13-17(14-10-6-2,15-11-7-3)16-12-8-4;;1-8(2,3)7-9(4,5)6;/h3*5-16H2,1-4H3;;(H2,1,2,3)(H2,4,5,6);/q4*+1;;-1. The van der Waals surface area contributed by atoms with Gasteiger partial charge in [0.2, 0.25) is 0 Å². The fraction of sp³-hybridized carbons (Fsp3) is 1.00. The first-order chi connectivity index (χ1) is 28.4. The third kappa shape index (κ3) is 48.1. The summed E-state index contributed by atoms with van der Waals surface area (Å²) in [5.74, 6) is 0. The molecule has 0 aliphatic rings. The van der Waals surface area contributed by atoms with Gasteiger partial charge in [0.25, 0.3) is 0 Å². The second-order valence-corrected chi connectivity index (χ2v) is 20.6. The Morgan fingerprint density at radius 3 is 0.443 bits per heavy atom. The molecule has 0 atom stereocenters. The molecule has 370 valence electrons. The summed E-state index contributed by atoms with van der Waals surface area (Å²) >= 11 is 0. The fourth-order valence-electron chi connectivity index (χ4n) is 8.07. The summed E-state index contributed by atoms with van der Waals surface area (Å²) in [7, 11) is -10.1. The Morgan fingerprint density at radius 1 is 0.295 bits per heavy atom. The van der Waals surface area contributed by atoms with Gasteiger partial charge >= 0.3 is 67.0 Å². The maximum Gasteiger partial charge on any atom is 1.00 e. The molecule has 0 radical (unpaired) electrons. The molecule has 0 amide bonds. The Bertz CT molecular complexity index is 761. The van der Waals surface area contributed by atoms with E-state index < -0.39 is 15.6 Å². The van der Waals surface area contributed by atoms with Crippen LogP contribution in [0.1, 0.15) is 239 Å². The maximum absolute atomic E-state index is 9.63. The summed E-state index contributed by atoms with van der Waals surface area (Å²) in [6.07, 6.45) is 33.2. The first kappa shape index (κ1) is 71.8. The minimum atomic E-state index is -5.05. The van der Waals surface area contributed by atoms with Crippen LogP contribution in [0.5, 0.6) is 0 Å². The summed E-state index contributed by atoms with van der Waals surface area (Å²) in [5.41, 5.74) is 0. The molecule has 0 rings (SSSR count). The topological polar surface area (TPSA) is 124 Å². The minimum absolute atomic E-state index is 0. The molecule has 4 N–H and O–H groups in total. The molecule has 13 heteroatoms. The van der Waals surface area contributed by atoms with E-state index in [0.29, 0.717) is 0 Å². The predicted molar refractivity (Wildman–Crippen MR) is 264 cm³/mol. The summed E-state index contributed by atoms with van der Waals surface area (Å²) in [6.45, 7) is 45.1. The van der Waals surface area contributed by atoms with E-state index in [1.807, 2.05) is 0 Å². The van der Waals surface area contributed by atoms with Crippen LogP contribution < -0.4 is 51.4 Å². The van der Waals surface area contributed by atoms with Crippen LogP contribution in [-0.4, -0.2) is 112 Å². The molecule has 0 heterocycles. The maximum atomic E-state index is 9.63. The van der Waals surface area contributed by atoms with Gasteiger partial charge in [0.05, 0.1) is 78.5 Å². The number of quaternary nitrogens is 3. The Hall–Kier alpha value is 1.78. The zero-order valence-electron chi connectivity index (χ0n) is 44.7. The number of hydrogen-bond acceptors (Lipinski definition) is 3. The second kappa shape index (κ2) is 48.2. The summed E-state index contributed by atoms with van der Waals surface area (Å²) in [5, 5.41) is 0. The second-order valence-electron chi connectivity index (χ2n) is 18.0. The van der Waals surface area contributed by atoms with Crippen molar-refractivity contribution in [3.63, 3.8) is 0 Å². The Balaban J connectivity index is -0.000000170. The molecule has 0 aromatic carbocycles. The van der Waals surface area contributed by atoms with Gasteiger partial charge in [0.1, 0.15) is 0 Å². The van der Waals surface area contributed by atoms with Gasteiger partial charge in [0.15, 0.2) is 0 Å². The first-order valence-electron chi connectivity index (χ1n) is 25.8. The van der Waals surface area contributed by atoms with Crippen molar-refractivity contribution in [2.24, 2.45) is 0 Å². The van der Waals surface area contributed by atoms with Crippen molar-refractivity contribution < 1.29 is 99.3 Å². The van der Waals surface area contributed by atoms with Crippen LogP contribution in [0.2, 0.25) is 0 Å². The summed E-state index contributed by atoms with van der Waals surface area (Å²) < 4.78 is 26.5. The average Bonchev–Trinajstić information content (AvgIpc) is 3.21. The Labute approximate surface area is 427 Å². The molecule has 0 unspecified atom stereocenters. The van der Waals surface area contributed by atoms with Crippen molar-refractivity contribution in [2.75, 3.05) is 78.5 Å². The van der Waals surface area contributed by atoms with E-state index in [4.69, 9.17) is 19.6 Å². The number of rotatable bonds is 38. The van der Waals surface area contributed by atoms with Crippen LogP contribution in [0.3, 0.4) is 0 Å². The van der Waals surface area contributed by atoms with Gasteiger partial charge in [-0.05, 0) is 77.0 Å². The SMILES string of the molecule is CCCC[N+](CCCC)(CCCC)CCCC.CCCC[N+](CCCC)(CCCC)CCCC.CCCC[N+](CCCC)(CCCC)CCCC.O=P(O)(O)OP(=O)(O)O.[H-].[K+]. The van der Waals surface area contributed by atoms with Gasteiger partial charge in [-0.2, -0.15) is 4.31 Å². The van der Waals surface area contributed by atoms with E-state index in [2.05, 4.69) is 87.4 Å². The number of phosphoric acid groups is 2. The van der Waals surface area contributed by atoms with Crippen LogP contribution in [-0.2, 0) is 13.4 Å². The van der Waals surface area contributed by atoms with Crippen molar-refractivity contribution in [1.29, 1.82) is 0 Å². The zero-order valence-corrected chi connectivity index (χ0v) is 48.6. The number of unbranched alkanes of at least 4 members (excludes halogenated alkanes) is 12. The third-order valence-corrected chi connectivity index (χ3v) is 13.7. The molecule has 0 saturated carbocycles. The molecule has 61 heavy (non-hydrogen) atoms. The van der Waals surface area contributed by atoms with E-state index in [1.54, 1.807) is 0 Å². The van der Waals surface area contributed by atoms with Crippen molar-refractivity contribution in [1.82, 2.24) is 0 Å². The van der Waals surface area contributed by atoms with Crippen molar-refractivity contribution >= 4 is 15.6 Å². The predicted octanol–water partition coefficient (Wildman–Crippen LogP) is 11.3. The van der Waals surface area contributed by atoms with Gasteiger partial charge in [-0.1, -0.05) is 160 Å². The largest absolute Gasteiger partial charge is 1.00 e. The van der Waals surface area contributed by atoms with Gasteiger partial charge < -0.3 is 34.4 Å². The molecule has 0 saturated heterocycles. The van der Waals surface area contributed by atoms with E-state index in [9.17, 15) is 9.13 Å². The van der Waals surface area contributed by atoms with Gasteiger partial charge in [-0.25, -0.2) is 9.13 Å². The fourth-order valence-corrected chi connectivity index (χ4v) is 9.18. The molecule has 0 spiro atoms. The van der Waals surface area contributed by atoms with E-state index in [1.165, 1.54) is 246 Å². The smallest absolute Gasteiger partial charge is 1.00 e. The van der Waals surface area contributed by atoms with E-state index in [0.717, 1.165) is 0 Å². The minimum Gasteiger partial charge on any atom is -1.00 e. The first-order valence-corrected chi connectivity index (χ1v) is 28.9. The molecule has 0 aromatic heterocycles. The Kier molecular flexibility index (Phi) is 56.8. The van der Waals surface area contributed by atoms with Crippen molar-refractivity contribution in [3.8, 4) is 0 Å². The van der Waals surface area contributed by atoms with Crippen LogP contribution in [0.4, 0.5) is 0 Å². The molecular weight excluding hydrogens is 832 g/mol. The Morgan fingerprint density at radius 2 is 0.393 bits per heavy atom. The molecule has 0 aromatic rings. The number of hydrogen-bond donors (Lipinski definition) is 4. The molecule has 10 nitrogen and oxygen atoms in total. The normalized spacial score (nSPS) is 12.1. The molecule has 0 aliphatic carbocycles. The van der Waals surface area contributed by atoms with E-state index >= 15 is 0 Å². The van der Waals surface area contributed by atoms with Gasteiger partial charge in [-0.15, -0.1) is 0 Å². The summed E-state index contributed by atoms with van der Waals surface area (Å²) in [6, 6.07) is 0. The zero-order chi connectivity index (χ0) is 46.7. The molecular formula is C48H113KN3O7P2+3. The van der Waals surface area contributed by atoms with Crippen molar-refractivity contribution in [3.05, 3.63) is 0 Å². The van der Waals surface area contributed by atoms with Crippen LogP contribution in [0.25, 0.3) is 0 Å². The van der Waals surface area contributed by atoms with Gasteiger partial charge in [-0.3, -0.25) is 0 Å². The van der Waals surface area contributed by atoms with Crippen LogP contribution in [0, 0.1) is 0 Å². The van der Waals surface area contributed by atoms with Crippen LogP contribution in [0.15, 0.2) is 0 Å². The van der Waals surface area contributed by atoms with Gasteiger partial charge in [0, 0.05) is 0 Å². The third-order valence-electron chi connectivity index (χ3n) is 12.0.